The summed E-state index contributed by atoms with van der Waals surface area (Å²) in [6.07, 6.45) is 5.15. The number of rotatable bonds is 4. The van der Waals surface area contributed by atoms with Gasteiger partial charge in [-0.1, -0.05) is 28.8 Å². The van der Waals surface area contributed by atoms with Gasteiger partial charge in [-0.2, -0.15) is 0 Å². The molecule has 98 valence electrons. The van der Waals surface area contributed by atoms with E-state index in [9.17, 15) is 9.90 Å². The standard InChI is InChI=1S/C14H18BrNO2/c1-16(9-10-4-2-3-5-10)13-8-11(15)6-7-12(13)14(17)18/h6-8,10H,2-5,9H2,1H3,(H,17,18). The lowest BCUT2D eigenvalue weighted by Crippen LogP contribution is -2.25. The number of hydrogen-bond donors (Lipinski definition) is 1. The van der Waals surface area contributed by atoms with Gasteiger partial charge < -0.3 is 10.0 Å². The first-order valence-corrected chi connectivity index (χ1v) is 7.11. The van der Waals surface area contributed by atoms with Crippen molar-refractivity contribution in [2.24, 2.45) is 5.92 Å². The highest BCUT2D eigenvalue weighted by molar-refractivity contribution is 9.10. The van der Waals surface area contributed by atoms with Crippen molar-refractivity contribution in [1.82, 2.24) is 0 Å². The van der Waals surface area contributed by atoms with Crippen LogP contribution in [-0.2, 0) is 0 Å². The van der Waals surface area contributed by atoms with E-state index < -0.39 is 5.97 Å². The molecule has 2 rings (SSSR count). The lowest BCUT2D eigenvalue weighted by Gasteiger charge is -2.24. The van der Waals surface area contributed by atoms with E-state index in [0.29, 0.717) is 11.5 Å². The van der Waals surface area contributed by atoms with Crippen molar-refractivity contribution in [2.45, 2.75) is 25.7 Å². The van der Waals surface area contributed by atoms with Crippen molar-refractivity contribution >= 4 is 27.6 Å². The molecule has 0 bridgehead atoms. The summed E-state index contributed by atoms with van der Waals surface area (Å²) in [5.74, 6) is -0.161. The second-order valence-electron chi connectivity index (χ2n) is 5.00. The van der Waals surface area contributed by atoms with Crippen molar-refractivity contribution in [3.8, 4) is 0 Å². The SMILES string of the molecule is CN(CC1CCCC1)c1cc(Br)ccc1C(=O)O. The van der Waals surface area contributed by atoms with E-state index in [-0.39, 0.29) is 0 Å². The van der Waals surface area contributed by atoms with Gasteiger partial charge in [0.25, 0.3) is 0 Å². The Morgan fingerprint density at radius 3 is 2.72 bits per heavy atom. The highest BCUT2D eigenvalue weighted by Crippen LogP contribution is 2.29. The molecular weight excluding hydrogens is 294 g/mol. The number of nitrogens with zero attached hydrogens (tertiary/aromatic N) is 1. The number of anilines is 1. The average Bonchev–Trinajstić information content (AvgIpc) is 2.81. The fourth-order valence-electron chi connectivity index (χ4n) is 2.68. The molecule has 1 aliphatic carbocycles. The van der Waals surface area contributed by atoms with Crippen LogP contribution in [0.25, 0.3) is 0 Å². The Bertz CT molecular complexity index is 441. The molecule has 1 aromatic rings. The number of halogens is 1. The predicted octanol–water partition coefficient (Wildman–Crippen LogP) is 3.77. The van der Waals surface area contributed by atoms with Crippen molar-refractivity contribution in [3.05, 3.63) is 28.2 Å². The summed E-state index contributed by atoms with van der Waals surface area (Å²) < 4.78 is 0.917. The highest BCUT2D eigenvalue weighted by atomic mass is 79.9. The van der Waals surface area contributed by atoms with E-state index in [1.807, 2.05) is 13.1 Å². The summed E-state index contributed by atoms with van der Waals surface area (Å²) in [4.78, 5) is 13.3. The molecule has 4 heteroatoms. The zero-order valence-corrected chi connectivity index (χ0v) is 12.1. The molecule has 0 unspecified atom stereocenters. The molecular formula is C14H18BrNO2. The van der Waals surface area contributed by atoms with Crippen LogP contribution in [0.3, 0.4) is 0 Å². The minimum atomic E-state index is -0.865. The van der Waals surface area contributed by atoms with Crippen molar-refractivity contribution < 1.29 is 9.90 Å². The summed E-state index contributed by atoms with van der Waals surface area (Å²) in [6, 6.07) is 5.32. The van der Waals surface area contributed by atoms with Gasteiger partial charge in [0, 0.05) is 18.1 Å². The molecule has 1 saturated carbocycles. The minimum Gasteiger partial charge on any atom is -0.478 e. The maximum absolute atomic E-state index is 11.2. The lowest BCUT2D eigenvalue weighted by atomic mass is 10.1. The number of aromatic carboxylic acids is 1. The Morgan fingerprint density at radius 1 is 1.44 bits per heavy atom. The van der Waals surface area contributed by atoms with Gasteiger partial charge in [-0.3, -0.25) is 0 Å². The van der Waals surface area contributed by atoms with Crippen LogP contribution in [0.4, 0.5) is 5.69 Å². The minimum absolute atomic E-state index is 0.374. The first-order valence-electron chi connectivity index (χ1n) is 6.32. The van der Waals surface area contributed by atoms with Crippen LogP contribution in [-0.4, -0.2) is 24.7 Å². The largest absolute Gasteiger partial charge is 0.478 e. The summed E-state index contributed by atoms with van der Waals surface area (Å²) in [7, 11) is 1.98. The van der Waals surface area contributed by atoms with Crippen LogP contribution < -0.4 is 4.90 Å². The lowest BCUT2D eigenvalue weighted by molar-refractivity contribution is 0.0697. The predicted molar refractivity (Wildman–Crippen MR) is 76.3 cm³/mol. The molecule has 1 fully saturated rings. The van der Waals surface area contributed by atoms with E-state index in [1.165, 1.54) is 25.7 Å². The summed E-state index contributed by atoms with van der Waals surface area (Å²) in [5.41, 5.74) is 1.17. The van der Waals surface area contributed by atoms with E-state index in [2.05, 4.69) is 20.8 Å². The average molecular weight is 312 g/mol. The number of carbonyl (C=O) groups is 1. The second-order valence-corrected chi connectivity index (χ2v) is 5.91. The first-order chi connectivity index (χ1) is 8.58. The highest BCUT2D eigenvalue weighted by Gasteiger charge is 2.20. The molecule has 0 saturated heterocycles. The van der Waals surface area contributed by atoms with Gasteiger partial charge in [0.2, 0.25) is 0 Å². The normalized spacial score (nSPS) is 15.9. The third-order valence-electron chi connectivity index (χ3n) is 3.61. The molecule has 1 aliphatic rings. The molecule has 0 aromatic heterocycles. The van der Waals surface area contributed by atoms with Crippen molar-refractivity contribution in [2.75, 3.05) is 18.5 Å². The Labute approximate surface area is 116 Å². The molecule has 1 N–H and O–H groups in total. The third kappa shape index (κ3) is 3.05. The Balaban J connectivity index is 2.19. The summed E-state index contributed by atoms with van der Waals surface area (Å²) in [6.45, 7) is 0.941. The molecule has 0 atom stereocenters. The maximum atomic E-state index is 11.2. The molecule has 0 heterocycles. The van der Waals surface area contributed by atoms with Crippen LogP contribution >= 0.6 is 15.9 Å². The quantitative estimate of drug-likeness (QED) is 0.920. The molecule has 0 aliphatic heterocycles. The molecule has 0 spiro atoms. The fraction of sp³-hybridized carbons (Fsp3) is 0.500. The van der Waals surface area contributed by atoms with Crippen molar-refractivity contribution in [1.29, 1.82) is 0 Å². The van der Waals surface area contributed by atoms with Crippen LogP contribution in [0.1, 0.15) is 36.0 Å². The van der Waals surface area contributed by atoms with Crippen molar-refractivity contribution in [3.63, 3.8) is 0 Å². The van der Waals surface area contributed by atoms with Crippen LogP contribution in [0.5, 0.6) is 0 Å². The monoisotopic (exact) mass is 311 g/mol. The van der Waals surface area contributed by atoms with Gasteiger partial charge in [-0.05, 0) is 37.0 Å². The van der Waals surface area contributed by atoms with Gasteiger partial charge >= 0.3 is 5.97 Å². The summed E-state index contributed by atoms with van der Waals surface area (Å²) >= 11 is 3.41. The van der Waals surface area contributed by atoms with Gasteiger partial charge in [0.05, 0.1) is 11.3 Å². The van der Waals surface area contributed by atoms with Gasteiger partial charge in [0.1, 0.15) is 0 Å². The second kappa shape index (κ2) is 5.74. The van der Waals surface area contributed by atoms with E-state index in [0.717, 1.165) is 16.7 Å². The number of carboxylic acid groups (broad SMARTS) is 1. The van der Waals surface area contributed by atoms with Gasteiger partial charge in [0.15, 0.2) is 0 Å². The topological polar surface area (TPSA) is 40.5 Å². The molecule has 0 radical (unpaired) electrons. The zero-order valence-electron chi connectivity index (χ0n) is 10.5. The first kappa shape index (κ1) is 13.4. The fourth-order valence-corrected chi connectivity index (χ4v) is 3.03. The zero-order chi connectivity index (χ0) is 13.1. The number of benzene rings is 1. The smallest absolute Gasteiger partial charge is 0.337 e. The molecule has 3 nitrogen and oxygen atoms in total. The van der Waals surface area contributed by atoms with E-state index >= 15 is 0 Å². The Morgan fingerprint density at radius 2 is 2.11 bits per heavy atom. The number of carboxylic acids is 1. The molecule has 0 amide bonds. The number of hydrogen-bond acceptors (Lipinski definition) is 2. The Hall–Kier alpha value is -1.03. The van der Waals surface area contributed by atoms with E-state index in [1.54, 1.807) is 12.1 Å². The van der Waals surface area contributed by atoms with E-state index in [4.69, 9.17) is 0 Å². The summed E-state index contributed by atoms with van der Waals surface area (Å²) in [5, 5.41) is 9.22. The molecule has 18 heavy (non-hydrogen) atoms. The maximum Gasteiger partial charge on any atom is 0.337 e. The van der Waals surface area contributed by atoms with Crippen LogP contribution in [0, 0.1) is 5.92 Å². The van der Waals surface area contributed by atoms with Crippen LogP contribution in [0.2, 0.25) is 0 Å². The Kier molecular flexibility index (Phi) is 4.27. The van der Waals surface area contributed by atoms with Crippen LogP contribution in [0.15, 0.2) is 22.7 Å². The third-order valence-corrected chi connectivity index (χ3v) is 4.10. The van der Waals surface area contributed by atoms with Gasteiger partial charge in [-0.15, -0.1) is 0 Å². The molecule has 1 aromatic carbocycles. The van der Waals surface area contributed by atoms with Gasteiger partial charge in [-0.25, -0.2) is 4.79 Å².